The van der Waals surface area contributed by atoms with Crippen LogP contribution in [0.25, 0.3) is 0 Å². The van der Waals surface area contributed by atoms with Gasteiger partial charge < -0.3 is 14.2 Å². The molecular formula is C75H128O6. The average molecular weight is 1130 g/mol. The van der Waals surface area contributed by atoms with E-state index < -0.39 is 6.10 Å². The van der Waals surface area contributed by atoms with E-state index in [0.29, 0.717) is 19.3 Å². The lowest BCUT2D eigenvalue weighted by Gasteiger charge is -2.18. The summed E-state index contributed by atoms with van der Waals surface area (Å²) >= 11 is 0. The summed E-state index contributed by atoms with van der Waals surface area (Å²) < 4.78 is 16.9. The quantitative estimate of drug-likeness (QED) is 0.0261. The van der Waals surface area contributed by atoms with Crippen LogP contribution in [-0.4, -0.2) is 37.2 Å². The lowest BCUT2D eigenvalue weighted by atomic mass is 10.0. The van der Waals surface area contributed by atoms with Crippen LogP contribution in [0.1, 0.15) is 329 Å². The van der Waals surface area contributed by atoms with Crippen molar-refractivity contribution in [1.82, 2.24) is 0 Å². The van der Waals surface area contributed by atoms with Crippen molar-refractivity contribution in [2.75, 3.05) is 13.2 Å². The summed E-state index contributed by atoms with van der Waals surface area (Å²) in [6.07, 6.45) is 93.9. The van der Waals surface area contributed by atoms with Gasteiger partial charge in [-0.3, -0.25) is 14.4 Å². The first-order valence-corrected chi connectivity index (χ1v) is 34.4. The first-order chi connectivity index (χ1) is 40.0. The van der Waals surface area contributed by atoms with Gasteiger partial charge in [-0.25, -0.2) is 0 Å². The SMILES string of the molecule is CC/C=C\C/C=C\C/C=C\C/C=C\C/C=C\C/C=C\CCCCCCCCCCCCCCC(=O)OCC(COC(=O)CCCCCCC/C=C\C/C=C\CCCC)OC(=O)CCCCCCCCC/C=C\CCCCCCCCC. The second kappa shape index (κ2) is 68.6. The first kappa shape index (κ1) is 77.1. The van der Waals surface area contributed by atoms with E-state index in [1.165, 1.54) is 173 Å². The van der Waals surface area contributed by atoms with Crippen molar-refractivity contribution in [3.8, 4) is 0 Å². The highest BCUT2D eigenvalue weighted by Gasteiger charge is 2.19. The predicted octanol–water partition coefficient (Wildman–Crippen LogP) is 23.8. The zero-order chi connectivity index (χ0) is 58.5. The third-order valence-electron chi connectivity index (χ3n) is 14.7. The molecule has 0 saturated heterocycles. The number of allylic oxidation sites excluding steroid dienone is 18. The van der Waals surface area contributed by atoms with Crippen LogP contribution in [0.15, 0.2) is 109 Å². The highest BCUT2D eigenvalue weighted by Crippen LogP contribution is 2.16. The van der Waals surface area contributed by atoms with Gasteiger partial charge in [-0.05, 0) is 122 Å². The largest absolute Gasteiger partial charge is 0.462 e. The van der Waals surface area contributed by atoms with Crippen LogP contribution in [0.2, 0.25) is 0 Å². The fourth-order valence-corrected chi connectivity index (χ4v) is 9.58. The van der Waals surface area contributed by atoms with Gasteiger partial charge in [0.2, 0.25) is 0 Å². The molecule has 0 aromatic heterocycles. The van der Waals surface area contributed by atoms with Crippen molar-refractivity contribution in [1.29, 1.82) is 0 Å². The molecule has 1 unspecified atom stereocenters. The van der Waals surface area contributed by atoms with Crippen LogP contribution in [0.5, 0.6) is 0 Å². The summed E-state index contributed by atoms with van der Waals surface area (Å²) in [6.45, 7) is 6.50. The zero-order valence-electron chi connectivity index (χ0n) is 53.3. The van der Waals surface area contributed by atoms with Gasteiger partial charge in [-0.1, -0.05) is 297 Å². The lowest BCUT2D eigenvalue weighted by molar-refractivity contribution is -0.167. The van der Waals surface area contributed by atoms with E-state index in [-0.39, 0.29) is 31.1 Å². The maximum atomic E-state index is 12.9. The van der Waals surface area contributed by atoms with E-state index in [1.54, 1.807) is 0 Å². The average Bonchev–Trinajstić information content (AvgIpc) is 3.47. The number of hydrogen-bond donors (Lipinski definition) is 0. The van der Waals surface area contributed by atoms with E-state index in [2.05, 4.69) is 130 Å². The number of carbonyl (C=O) groups excluding carboxylic acids is 3. The molecule has 0 aromatic carbocycles. The topological polar surface area (TPSA) is 78.9 Å². The van der Waals surface area contributed by atoms with E-state index in [4.69, 9.17) is 14.2 Å². The first-order valence-electron chi connectivity index (χ1n) is 34.4. The summed E-state index contributed by atoms with van der Waals surface area (Å²) in [6, 6.07) is 0. The molecule has 0 saturated carbocycles. The van der Waals surface area contributed by atoms with Crippen LogP contribution in [0, 0.1) is 0 Å². The highest BCUT2D eigenvalue weighted by atomic mass is 16.6. The number of hydrogen-bond acceptors (Lipinski definition) is 6. The second-order valence-corrected chi connectivity index (χ2v) is 22.7. The molecule has 464 valence electrons. The molecule has 0 amide bonds. The number of esters is 3. The number of carbonyl (C=O) groups is 3. The molecule has 0 heterocycles. The van der Waals surface area contributed by atoms with Gasteiger partial charge in [-0.2, -0.15) is 0 Å². The maximum absolute atomic E-state index is 12.9. The Balaban J connectivity index is 4.28. The standard InChI is InChI=1S/C75H128O6/c1-4-7-10-13-16-19-22-25-28-30-32-33-34-35-36-37-38-39-40-41-42-43-44-46-47-50-53-56-59-62-65-68-74(77)80-71-72(70-79-73(76)67-64-61-58-55-52-49-27-24-21-18-15-12-9-6-3)81-75(78)69-66-63-60-57-54-51-48-45-31-29-26-23-20-17-14-11-8-5-2/h7,10,15-16,18-19,24-25,27-29,31-33,35-36,38-39,72H,4-6,8-9,11-14,17,20-23,26,30,34,37,40-71H2,1-3H3/b10-7-,18-15-,19-16-,27-24-,28-25-,31-29-,33-32-,36-35-,39-38-. The Morgan fingerprint density at radius 2 is 0.494 bits per heavy atom. The molecule has 6 heteroatoms. The van der Waals surface area contributed by atoms with Crippen LogP contribution < -0.4 is 0 Å². The molecule has 6 nitrogen and oxygen atoms in total. The predicted molar refractivity (Wildman–Crippen MR) is 353 cm³/mol. The third-order valence-corrected chi connectivity index (χ3v) is 14.7. The zero-order valence-corrected chi connectivity index (χ0v) is 53.3. The number of ether oxygens (including phenoxy) is 3. The van der Waals surface area contributed by atoms with Gasteiger partial charge in [0.05, 0.1) is 0 Å². The Morgan fingerprint density at radius 1 is 0.259 bits per heavy atom. The molecule has 0 bridgehead atoms. The Morgan fingerprint density at radius 3 is 0.802 bits per heavy atom. The maximum Gasteiger partial charge on any atom is 0.306 e. The van der Waals surface area contributed by atoms with Gasteiger partial charge in [-0.15, -0.1) is 0 Å². The summed E-state index contributed by atoms with van der Waals surface area (Å²) in [4.78, 5) is 38.4. The molecule has 0 fully saturated rings. The van der Waals surface area contributed by atoms with Crippen molar-refractivity contribution in [2.24, 2.45) is 0 Å². The van der Waals surface area contributed by atoms with E-state index in [1.807, 2.05) is 0 Å². The summed E-state index contributed by atoms with van der Waals surface area (Å²) in [5.74, 6) is -0.893. The minimum atomic E-state index is -0.789. The molecule has 0 spiro atoms. The fourth-order valence-electron chi connectivity index (χ4n) is 9.58. The summed E-state index contributed by atoms with van der Waals surface area (Å²) in [5.41, 5.74) is 0. The number of unbranched alkanes of at least 4 members (excludes halogenated alkanes) is 33. The van der Waals surface area contributed by atoms with E-state index >= 15 is 0 Å². The number of rotatable bonds is 62. The van der Waals surface area contributed by atoms with Gasteiger partial charge in [0, 0.05) is 19.3 Å². The molecule has 0 N–H and O–H groups in total. The van der Waals surface area contributed by atoms with Crippen LogP contribution in [-0.2, 0) is 28.6 Å². The van der Waals surface area contributed by atoms with Crippen molar-refractivity contribution in [3.63, 3.8) is 0 Å². The molecular weight excluding hydrogens is 997 g/mol. The molecule has 0 radical (unpaired) electrons. The molecule has 0 rings (SSSR count). The minimum Gasteiger partial charge on any atom is -0.462 e. The van der Waals surface area contributed by atoms with Crippen LogP contribution >= 0.6 is 0 Å². The van der Waals surface area contributed by atoms with Crippen molar-refractivity contribution in [3.05, 3.63) is 109 Å². The Bertz CT molecular complexity index is 1620. The van der Waals surface area contributed by atoms with E-state index in [0.717, 1.165) is 116 Å². The monoisotopic (exact) mass is 1120 g/mol. The van der Waals surface area contributed by atoms with Crippen LogP contribution in [0.3, 0.4) is 0 Å². The Labute approximate surface area is 501 Å². The normalized spacial score (nSPS) is 12.8. The highest BCUT2D eigenvalue weighted by molar-refractivity contribution is 5.71. The van der Waals surface area contributed by atoms with E-state index in [9.17, 15) is 14.4 Å². The van der Waals surface area contributed by atoms with Gasteiger partial charge in [0.1, 0.15) is 13.2 Å². The van der Waals surface area contributed by atoms with Gasteiger partial charge in [0.15, 0.2) is 6.10 Å². The fraction of sp³-hybridized carbons (Fsp3) is 0.720. The second-order valence-electron chi connectivity index (χ2n) is 22.7. The molecule has 0 aromatic rings. The molecule has 1 atom stereocenters. The Kier molecular flexibility index (Phi) is 65.2. The van der Waals surface area contributed by atoms with Crippen molar-refractivity contribution >= 4 is 17.9 Å². The third kappa shape index (κ3) is 66.8. The van der Waals surface area contributed by atoms with Gasteiger partial charge >= 0.3 is 17.9 Å². The minimum absolute atomic E-state index is 0.0841. The van der Waals surface area contributed by atoms with Gasteiger partial charge in [0.25, 0.3) is 0 Å². The lowest BCUT2D eigenvalue weighted by Crippen LogP contribution is -2.30. The molecule has 0 aliphatic carbocycles. The molecule has 0 aliphatic rings. The van der Waals surface area contributed by atoms with Crippen LogP contribution in [0.4, 0.5) is 0 Å². The molecule has 81 heavy (non-hydrogen) atoms. The van der Waals surface area contributed by atoms with Crippen molar-refractivity contribution < 1.29 is 28.6 Å². The Hall–Kier alpha value is -3.93. The molecule has 0 aliphatic heterocycles. The summed E-state index contributed by atoms with van der Waals surface area (Å²) in [7, 11) is 0. The smallest absolute Gasteiger partial charge is 0.306 e. The summed E-state index contributed by atoms with van der Waals surface area (Å²) in [5, 5.41) is 0. The van der Waals surface area contributed by atoms with Crippen molar-refractivity contribution in [2.45, 2.75) is 335 Å².